The van der Waals surface area contributed by atoms with Crippen molar-refractivity contribution in [2.75, 3.05) is 18.2 Å². The van der Waals surface area contributed by atoms with Crippen LogP contribution in [0.25, 0.3) is 0 Å². The topological polar surface area (TPSA) is 117 Å². The molecule has 0 aromatic carbocycles. The van der Waals surface area contributed by atoms with Gasteiger partial charge in [-0.2, -0.15) is 0 Å². The van der Waals surface area contributed by atoms with E-state index in [1.54, 1.807) is 13.3 Å². The first kappa shape index (κ1) is 16.5. The zero-order valence-electron chi connectivity index (χ0n) is 11.4. The molecular formula is C11H16ClN3O5S. The number of aliphatic hydroxyl groups excluding tert-OH is 3. The molecule has 10 heteroatoms. The van der Waals surface area contributed by atoms with Gasteiger partial charge in [0.25, 0.3) is 5.56 Å². The van der Waals surface area contributed by atoms with Crippen molar-refractivity contribution in [1.29, 1.82) is 0 Å². The fraction of sp³-hybridized carbons (Fsp3) is 0.636. The zero-order valence-corrected chi connectivity index (χ0v) is 12.9. The van der Waals surface area contributed by atoms with Gasteiger partial charge in [-0.1, -0.05) is 23.4 Å². The molecule has 0 saturated carbocycles. The third kappa shape index (κ3) is 3.17. The average molecular weight is 338 g/mol. The van der Waals surface area contributed by atoms with Gasteiger partial charge in [-0.25, -0.2) is 4.98 Å². The van der Waals surface area contributed by atoms with Gasteiger partial charge in [0.15, 0.2) is 17.2 Å². The Labute approximate surface area is 129 Å². The number of anilines is 1. The Balaban J connectivity index is 2.28. The van der Waals surface area contributed by atoms with Crippen LogP contribution in [0.3, 0.4) is 0 Å². The normalized spacial score (nSPS) is 29.4. The van der Waals surface area contributed by atoms with E-state index in [9.17, 15) is 20.1 Å². The Hall–Kier alpha value is -0.840. The highest BCUT2D eigenvalue weighted by Gasteiger charge is 2.38. The number of hydrogen-bond acceptors (Lipinski definition) is 8. The molecule has 1 fully saturated rings. The number of nitrogens with zero attached hydrogens (tertiary/aromatic N) is 2. The molecule has 1 aliphatic heterocycles. The molecule has 2 heterocycles. The molecule has 0 aliphatic carbocycles. The van der Waals surface area contributed by atoms with Crippen LogP contribution in [0.4, 0.5) is 5.82 Å². The molecule has 1 aromatic rings. The first-order chi connectivity index (χ1) is 9.86. The largest absolute Gasteiger partial charge is 0.388 e. The summed E-state index contributed by atoms with van der Waals surface area (Å²) in [5, 5.41) is 31.8. The lowest BCUT2D eigenvalue weighted by Crippen LogP contribution is -2.55. The smallest absolute Gasteiger partial charge is 0.274 e. The monoisotopic (exact) mass is 337 g/mol. The standard InChI is InChI=1S/C11H16ClN3O5S/c1-15-10(19)5(12)8(14-11(15)21-2)13-9-7(18)6(17)4(16)3-20-9/h4,6-7,9,13,16-18H,3H2,1-2H3/t4-,6-,7+,9+/m1/s1. The van der Waals surface area contributed by atoms with Crippen molar-refractivity contribution in [3.63, 3.8) is 0 Å². The highest BCUT2D eigenvalue weighted by atomic mass is 35.5. The maximum Gasteiger partial charge on any atom is 0.274 e. The lowest BCUT2D eigenvalue weighted by atomic mass is 10.0. The molecule has 118 valence electrons. The zero-order chi connectivity index (χ0) is 15.7. The minimum Gasteiger partial charge on any atom is -0.388 e. The van der Waals surface area contributed by atoms with Crippen LogP contribution < -0.4 is 10.9 Å². The second-order valence-corrected chi connectivity index (χ2v) is 5.72. The van der Waals surface area contributed by atoms with E-state index in [1.165, 1.54) is 16.3 Å². The number of aromatic nitrogens is 2. The molecule has 8 nitrogen and oxygen atoms in total. The van der Waals surface area contributed by atoms with E-state index in [0.29, 0.717) is 5.16 Å². The fourth-order valence-corrected chi connectivity index (χ4v) is 2.66. The Morgan fingerprint density at radius 1 is 1.43 bits per heavy atom. The molecule has 4 N–H and O–H groups in total. The van der Waals surface area contributed by atoms with Crippen molar-refractivity contribution in [1.82, 2.24) is 9.55 Å². The minimum atomic E-state index is -1.38. The van der Waals surface area contributed by atoms with E-state index >= 15 is 0 Å². The van der Waals surface area contributed by atoms with Crippen LogP contribution in [0.5, 0.6) is 0 Å². The number of rotatable bonds is 3. The van der Waals surface area contributed by atoms with Crippen LogP contribution in [0.1, 0.15) is 0 Å². The van der Waals surface area contributed by atoms with E-state index in [4.69, 9.17) is 16.3 Å². The third-order valence-corrected chi connectivity index (χ3v) is 4.23. The van der Waals surface area contributed by atoms with E-state index in [-0.39, 0.29) is 17.4 Å². The second-order valence-electron chi connectivity index (χ2n) is 4.57. The lowest BCUT2D eigenvalue weighted by molar-refractivity contribution is -0.178. The van der Waals surface area contributed by atoms with E-state index < -0.39 is 30.1 Å². The summed E-state index contributed by atoms with van der Waals surface area (Å²) in [4.78, 5) is 16.1. The average Bonchev–Trinajstić information content (AvgIpc) is 2.48. The summed E-state index contributed by atoms with van der Waals surface area (Å²) in [5.41, 5.74) is -0.440. The van der Waals surface area contributed by atoms with Crippen LogP contribution in [-0.2, 0) is 11.8 Å². The summed E-state index contributed by atoms with van der Waals surface area (Å²) in [6.07, 6.45) is -3.19. The van der Waals surface area contributed by atoms with Gasteiger partial charge >= 0.3 is 0 Å². The molecular weight excluding hydrogens is 322 g/mol. The molecule has 0 bridgehead atoms. The number of ether oxygens (including phenoxy) is 1. The van der Waals surface area contributed by atoms with Crippen LogP contribution in [0.2, 0.25) is 5.02 Å². The lowest BCUT2D eigenvalue weighted by Gasteiger charge is -2.35. The maximum atomic E-state index is 12.0. The predicted molar refractivity (Wildman–Crippen MR) is 77.7 cm³/mol. The van der Waals surface area contributed by atoms with Gasteiger partial charge in [0, 0.05) is 7.05 Å². The molecule has 1 aromatic heterocycles. The van der Waals surface area contributed by atoms with Crippen molar-refractivity contribution in [3.05, 3.63) is 15.4 Å². The summed E-state index contributed by atoms with van der Waals surface area (Å²) >= 11 is 7.20. The highest BCUT2D eigenvalue weighted by Crippen LogP contribution is 2.23. The molecule has 0 unspecified atom stereocenters. The molecule has 0 amide bonds. The molecule has 4 atom stereocenters. The van der Waals surface area contributed by atoms with Crippen molar-refractivity contribution in [2.45, 2.75) is 29.7 Å². The van der Waals surface area contributed by atoms with Crippen LogP contribution in [0, 0.1) is 0 Å². The van der Waals surface area contributed by atoms with Crippen LogP contribution in [0.15, 0.2) is 9.95 Å². The van der Waals surface area contributed by atoms with Gasteiger partial charge in [0.1, 0.15) is 23.3 Å². The number of nitrogens with one attached hydrogen (secondary N) is 1. The first-order valence-corrected chi connectivity index (χ1v) is 7.70. The fourth-order valence-electron chi connectivity index (χ4n) is 1.90. The summed E-state index contributed by atoms with van der Waals surface area (Å²) in [5.74, 6) is 0.0526. The second kappa shape index (κ2) is 6.51. The molecule has 2 rings (SSSR count). The van der Waals surface area contributed by atoms with E-state index in [0.717, 1.165) is 0 Å². The summed E-state index contributed by atoms with van der Waals surface area (Å²) in [6, 6.07) is 0. The summed E-state index contributed by atoms with van der Waals surface area (Å²) in [6.45, 7) is -0.159. The number of halogens is 1. The van der Waals surface area contributed by atoms with E-state index in [2.05, 4.69) is 10.3 Å². The molecule has 21 heavy (non-hydrogen) atoms. The predicted octanol–water partition coefficient (Wildman–Crippen LogP) is -0.994. The molecule has 0 spiro atoms. The SMILES string of the molecule is CSc1nc(N[C@H]2OC[C@@H](O)[C@@H](O)[C@@H]2O)c(Cl)c(=O)n1C. The van der Waals surface area contributed by atoms with Crippen molar-refractivity contribution >= 4 is 29.2 Å². The molecule has 1 saturated heterocycles. The third-order valence-electron chi connectivity index (χ3n) is 3.16. The van der Waals surface area contributed by atoms with Gasteiger partial charge in [0.05, 0.1) is 6.61 Å². The maximum absolute atomic E-state index is 12.0. The van der Waals surface area contributed by atoms with Crippen molar-refractivity contribution in [3.8, 4) is 0 Å². The first-order valence-electron chi connectivity index (χ1n) is 6.09. The van der Waals surface area contributed by atoms with Gasteiger partial charge in [-0.05, 0) is 6.26 Å². The Bertz CT molecular complexity index is 584. The summed E-state index contributed by atoms with van der Waals surface area (Å²) < 4.78 is 6.49. The molecule has 0 radical (unpaired) electrons. The molecule has 1 aliphatic rings. The van der Waals surface area contributed by atoms with Gasteiger partial charge < -0.3 is 25.4 Å². The quantitative estimate of drug-likeness (QED) is 0.410. The van der Waals surface area contributed by atoms with Gasteiger partial charge in [0.2, 0.25) is 0 Å². The minimum absolute atomic E-state index is 0.0526. The van der Waals surface area contributed by atoms with Crippen molar-refractivity contribution in [2.24, 2.45) is 7.05 Å². The number of aliphatic hydroxyl groups is 3. The van der Waals surface area contributed by atoms with E-state index in [1.807, 2.05) is 0 Å². The number of thioether (sulfide) groups is 1. The Kier molecular flexibility index (Phi) is 5.12. The van der Waals surface area contributed by atoms with Crippen molar-refractivity contribution < 1.29 is 20.1 Å². The Morgan fingerprint density at radius 3 is 2.71 bits per heavy atom. The number of hydrogen-bond donors (Lipinski definition) is 4. The Morgan fingerprint density at radius 2 is 2.10 bits per heavy atom. The highest BCUT2D eigenvalue weighted by molar-refractivity contribution is 7.98. The van der Waals surface area contributed by atoms with Crippen LogP contribution >= 0.6 is 23.4 Å². The van der Waals surface area contributed by atoms with Gasteiger partial charge in [-0.15, -0.1) is 0 Å². The van der Waals surface area contributed by atoms with Crippen LogP contribution in [-0.4, -0.2) is 62.3 Å². The van der Waals surface area contributed by atoms with Gasteiger partial charge in [-0.3, -0.25) is 9.36 Å². The summed E-state index contributed by atoms with van der Waals surface area (Å²) in [7, 11) is 1.54.